The summed E-state index contributed by atoms with van der Waals surface area (Å²) in [5.41, 5.74) is 1.12. The minimum Gasteiger partial charge on any atom is -0.384 e. The number of rotatable bonds is 4. The standard InChI is InChI=1S/C16H21N3O2/c1-13(12-19-6-2-3-7-19)18-16(21)15-9-14(5-4-8-20)10-17-11-15/h9-11,13,20H,2-3,6-8,12H2,1H3,(H,18,21). The number of nitrogens with one attached hydrogen (secondary N) is 1. The van der Waals surface area contributed by atoms with E-state index in [2.05, 4.69) is 27.0 Å². The van der Waals surface area contributed by atoms with E-state index in [1.807, 2.05) is 6.92 Å². The van der Waals surface area contributed by atoms with Gasteiger partial charge in [-0.3, -0.25) is 9.78 Å². The van der Waals surface area contributed by atoms with Gasteiger partial charge >= 0.3 is 0 Å². The summed E-state index contributed by atoms with van der Waals surface area (Å²) in [5, 5.41) is 11.7. The van der Waals surface area contributed by atoms with Crippen molar-refractivity contribution >= 4 is 5.91 Å². The second kappa shape index (κ2) is 7.77. The lowest BCUT2D eigenvalue weighted by atomic mass is 10.2. The van der Waals surface area contributed by atoms with E-state index in [0.717, 1.165) is 19.6 Å². The second-order valence-corrected chi connectivity index (χ2v) is 5.30. The van der Waals surface area contributed by atoms with E-state index in [1.165, 1.54) is 19.0 Å². The second-order valence-electron chi connectivity index (χ2n) is 5.30. The van der Waals surface area contributed by atoms with E-state index in [4.69, 9.17) is 5.11 Å². The van der Waals surface area contributed by atoms with Gasteiger partial charge in [0.1, 0.15) is 6.61 Å². The summed E-state index contributed by atoms with van der Waals surface area (Å²) in [6.45, 7) is 4.92. The molecule has 2 N–H and O–H groups in total. The third-order valence-electron chi connectivity index (χ3n) is 3.42. The fraction of sp³-hybridized carbons (Fsp3) is 0.500. The highest BCUT2D eigenvalue weighted by Gasteiger charge is 2.16. The molecule has 0 aromatic carbocycles. The molecule has 1 unspecified atom stereocenters. The molecule has 5 nitrogen and oxygen atoms in total. The van der Waals surface area contributed by atoms with Crippen molar-refractivity contribution < 1.29 is 9.90 Å². The first-order valence-corrected chi connectivity index (χ1v) is 7.27. The third kappa shape index (κ3) is 4.85. The average molecular weight is 287 g/mol. The molecule has 1 amide bonds. The summed E-state index contributed by atoms with van der Waals surface area (Å²) in [4.78, 5) is 18.6. The molecule has 1 atom stereocenters. The number of hydrogen-bond acceptors (Lipinski definition) is 4. The zero-order valence-corrected chi connectivity index (χ0v) is 12.3. The van der Waals surface area contributed by atoms with Crippen LogP contribution >= 0.6 is 0 Å². The van der Waals surface area contributed by atoms with Gasteiger partial charge in [0.25, 0.3) is 5.91 Å². The maximum atomic E-state index is 12.2. The highest BCUT2D eigenvalue weighted by molar-refractivity contribution is 5.94. The molecule has 0 saturated carbocycles. The van der Waals surface area contributed by atoms with Crippen LogP contribution in [0.2, 0.25) is 0 Å². The van der Waals surface area contributed by atoms with E-state index in [1.54, 1.807) is 12.3 Å². The number of aliphatic hydroxyl groups excluding tert-OH is 1. The molecule has 1 saturated heterocycles. The van der Waals surface area contributed by atoms with Crippen molar-refractivity contribution in [3.8, 4) is 11.8 Å². The Hall–Kier alpha value is -1.90. The summed E-state index contributed by atoms with van der Waals surface area (Å²) < 4.78 is 0. The number of carbonyl (C=O) groups excluding carboxylic acids is 1. The predicted octanol–water partition coefficient (Wildman–Crippen LogP) is 0.639. The highest BCUT2D eigenvalue weighted by Crippen LogP contribution is 2.08. The fourth-order valence-corrected chi connectivity index (χ4v) is 2.48. The van der Waals surface area contributed by atoms with Gasteiger partial charge < -0.3 is 15.3 Å². The van der Waals surface area contributed by atoms with Crippen LogP contribution in [0.1, 0.15) is 35.7 Å². The highest BCUT2D eigenvalue weighted by atomic mass is 16.2. The van der Waals surface area contributed by atoms with Gasteiger partial charge in [-0.25, -0.2) is 0 Å². The SMILES string of the molecule is CC(CN1CCCC1)NC(=O)c1cncc(C#CCO)c1. The molecule has 0 radical (unpaired) electrons. The molecule has 0 spiro atoms. The van der Waals surface area contributed by atoms with Gasteiger partial charge in [0.05, 0.1) is 5.56 Å². The molecule has 1 aromatic rings. The van der Waals surface area contributed by atoms with Gasteiger partial charge in [0, 0.05) is 30.5 Å². The van der Waals surface area contributed by atoms with E-state index in [9.17, 15) is 4.79 Å². The number of carbonyl (C=O) groups is 1. The Morgan fingerprint density at radius 3 is 2.95 bits per heavy atom. The monoisotopic (exact) mass is 287 g/mol. The topological polar surface area (TPSA) is 65.5 Å². The number of likely N-dealkylation sites (tertiary alicyclic amines) is 1. The van der Waals surface area contributed by atoms with Crippen molar-refractivity contribution in [3.63, 3.8) is 0 Å². The van der Waals surface area contributed by atoms with Crippen LogP contribution in [0.25, 0.3) is 0 Å². The van der Waals surface area contributed by atoms with Crippen molar-refractivity contribution in [1.82, 2.24) is 15.2 Å². The first-order valence-electron chi connectivity index (χ1n) is 7.27. The summed E-state index contributed by atoms with van der Waals surface area (Å²) in [7, 11) is 0. The van der Waals surface area contributed by atoms with Crippen molar-refractivity contribution in [2.45, 2.75) is 25.8 Å². The molecule has 1 aliphatic rings. The zero-order valence-electron chi connectivity index (χ0n) is 12.3. The summed E-state index contributed by atoms with van der Waals surface area (Å²) >= 11 is 0. The van der Waals surface area contributed by atoms with E-state index >= 15 is 0 Å². The number of hydrogen-bond donors (Lipinski definition) is 2. The first-order chi connectivity index (χ1) is 10.2. The smallest absolute Gasteiger partial charge is 0.253 e. The van der Waals surface area contributed by atoms with Gasteiger partial charge in [0.2, 0.25) is 0 Å². The normalized spacial score (nSPS) is 16.1. The number of aliphatic hydroxyl groups is 1. The van der Waals surface area contributed by atoms with E-state index in [0.29, 0.717) is 11.1 Å². The van der Waals surface area contributed by atoms with Crippen LogP contribution in [0.15, 0.2) is 18.5 Å². The quantitative estimate of drug-likeness (QED) is 0.798. The molecule has 21 heavy (non-hydrogen) atoms. The molecule has 0 bridgehead atoms. The Bertz CT molecular complexity index is 542. The minimum absolute atomic E-state index is 0.0998. The number of aromatic nitrogens is 1. The maximum absolute atomic E-state index is 12.2. The molecule has 0 aliphatic carbocycles. The Labute approximate surface area is 125 Å². The van der Waals surface area contributed by atoms with Gasteiger partial charge in [-0.1, -0.05) is 11.8 Å². The lowest BCUT2D eigenvalue weighted by molar-refractivity contribution is 0.0931. The van der Waals surface area contributed by atoms with Crippen LogP contribution in [0, 0.1) is 11.8 Å². The largest absolute Gasteiger partial charge is 0.384 e. The Balaban J connectivity index is 1.92. The molecule has 112 valence electrons. The van der Waals surface area contributed by atoms with Crippen LogP contribution in [0.5, 0.6) is 0 Å². The average Bonchev–Trinajstić information content (AvgIpc) is 2.98. The van der Waals surface area contributed by atoms with Crippen molar-refractivity contribution in [2.75, 3.05) is 26.2 Å². The lowest BCUT2D eigenvalue weighted by Crippen LogP contribution is -2.41. The van der Waals surface area contributed by atoms with E-state index < -0.39 is 0 Å². The van der Waals surface area contributed by atoms with Crippen molar-refractivity contribution in [1.29, 1.82) is 0 Å². The number of amides is 1. The molecule has 2 heterocycles. The zero-order chi connectivity index (χ0) is 15.1. The predicted molar refractivity (Wildman–Crippen MR) is 80.8 cm³/mol. The van der Waals surface area contributed by atoms with Crippen LogP contribution < -0.4 is 5.32 Å². The lowest BCUT2D eigenvalue weighted by Gasteiger charge is -2.21. The molecule has 1 fully saturated rings. The first kappa shape index (κ1) is 15.5. The van der Waals surface area contributed by atoms with Gasteiger partial charge in [0.15, 0.2) is 0 Å². The van der Waals surface area contributed by atoms with Crippen molar-refractivity contribution in [2.24, 2.45) is 0 Å². The fourth-order valence-electron chi connectivity index (χ4n) is 2.48. The molecule has 1 aliphatic heterocycles. The van der Waals surface area contributed by atoms with Crippen molar-refractivity contribution in [3.05, 3.63) is 29.6 Å². The summed E-state index contributed by atoms with van der Waals surface area (Å²) in [6, 6.07) is 1.79. The molecular formula is C16H21N3O2. The summed E-state index contributed by atoms with van der Waals surface area (Å²) in [5.74, 6) is 5.16. The molecular weight excluding hydrogens is 266 g/mol. The number of nitrogens with zero attached hydrogens (tertiary/aromatic N) is 2. The maximum Gasteiger partial charge on any atom is 0.253 e. The van der Waals surface area contributed by atoms with E-state index in [-0.39, 0.29) is 18.6 Å². The minimum atomic E-state index is -0.205. The summed E-state index contributed by atoms with van der Waals surface area (Å²) in [6.07, 6.45) is 5.60. The van der Waals surface area contributed by atoms with Gasteiger partial charge in [-0.05, 0) is 38.9 Å². The van der Waals surface area contributed by atoms with Gasteiger partial charge in [-0.2, -0.15) is 0 Å². The molecule has 1 aromatic heterocycles. The Morgan fingerprint density at radius 2 is 2.24 bits per heavy atom. The van der Waals surface area contributed by atoms with Crippen LogP contribution in [0.3, 0.4) is 0 Å². The Kier molecular flexibility index (Phi) is 5.73. The Morgan fingerprint density at radius 1 is 1.48 bits per heavy atom. The van der Waals surface area contributed by atoms with Crippen LogP contribution in [0.4, 0.5) is 0 Å². The van der Waals surface area contributed by atoms with Crippen LogP contribution in [-0.4, -0.2) is 53.2 Å². The van der Waals surface area contributed by atoms with Gasteiger partial charge in [-0.15, -0.1) is 0 Å². The molecule has 2 rings (SSSR count). The van der Waals surface area contributed by atoms with Crippen LogP contribution in [-0.2, 0) is 0 Å². The molecule has 5 heteroatoms. The number of pyridine rings is 1. The third-order valence-corrected chi connectivity index (χ3v) is 3.42.